The van der Waals surface area contributed by atoms with Crippen molar-refractivity contribution < 1.29 is 4.92 Å². The normalized spacial score (nSPS) is 10.8. The summed E-state index contributed by atoms with van der Waals surface area (Å²) in [4.78, 5) is 17.2. The van der Waals surface area contributed by atoms with Gasteiger partial charge in [0.25, 0.3) is 5.69 Å². The van der Waals surface area contributed by atoms with Crippen molar-refractivity contribution in [3.8, 4) is 0 Å². The van der Waals surface area contributed by atoms with Gasteiger partial charge in [-0.05, 0) is 39.1 Å². The molecule has 2 aromatic rings. The van der Waals surface area contributed by atoms with Crippen molar-refractivity contribution in [3.63, 3.8) is 0 Å². The standard InChI is InChI=1S/C15H20N4O2/c1-11-9-15(18(3)8-4-7-16-2)13-10-12(19(20)21)5-6-14(13)17-11/h5-6,9-10,16H,4,7-8H2,1-3H3. The minimum atomic E-state index is -0.371. The second-order valence-corrected chi connectivity index (χ2v) is 5.12. The molecule has 21 heavy (non-hydrogen) atoms. The van der Waals surface area contributed by atoms with Crippen LogP contribution in [0.15, 0.2) is 24.3 Å². The largest absolute Gasteiger partial charge is 0.374 e. The van der Waals surface area contributed by atoms with Crippen molar-refractivity contribution in [2.45, 2.75) is 13.3 Å². The van der Waals surface area contributed by atoms with E-state index in [2.05, 4.69) is 15.2 Å². The van der Waals surface area contributed by atoms with Crippen molar-refractivity contribution in [1.82, 2.24) is 10.3 Å². The van der Waals surface area contributed by atoms with Crippen LogP contribution < -0.4 is 10.2 Å². The van der Waals surface area contributed by atoms with Gasteiger partial charge in [-0.25, -0.2) is 0 Å². The van der Waals surface area contributed by atoms with Gasteiger partial charge in [-0.15, -0.1) is 0 Å². The molecular formula is C15H20N4O2. The summed E-state index contributed by atoms with van der Waals surface area (Å²) in [6, 6.07) is 6.79. The van der Waals surface area contributed by atoms with Crippen LogP contribution in [0.25, 0.3) is 10.9 Å². The number of aryl methyl sites for hydroxylation is 1. The molecule has 0 fully saturated rings. The molecule has 0 aliphatic carbocycles. The summed E-state index contributed by atoms with van der Waals surface area (Å²) in [7, 11) is 3.93. The number of benzene rings is 1. The predicted molar refractivity (Wildman–Crippen MR) is 84.9 cm³/mol. The van der Waals surface area contributed by atoms with Crippen LogP contribution >= 0.6 is 0 Å². The Kier molecular flexibility index (Phi) is 4.70. The van der Waals surface area contributed by atoms with E-state index in [0.29, 0.717) is 0 Å². The zero-order valence-electron chi connectivity index (χ0n) is 12.6. The van der Waals surface area contributed by atoms with Gasteiger partial charge in [0.2, 0.25) is 0 Å². The molecule has 0 spiro atoms. The molecule has 0 saturated carbocycles. The third kappa shape index (κ3) is 3.46. The van der Waals surface area contributed by atoms with Crippen LogP contribution in [0.2, 0.25) is 0 Å². The lowest BCUT2D eigenvalue weighted by Gasteiger charge is -2.21. The molecule has 0 aliphatic heterocycles. The Balaban J connectivity index is 2.44. The summed E-state index contributed by atoms with van der Waals surface area (Å²) in [5, 5.41) is 14.9. The third-order valence-electron chi connectivity index (χ3n) is 3.44. The lowest BCUT2D eigenvalue weighted by molar-refractivity contribution is -0.384. The second-order valence-electron chi connectivity index (χ2n) is 5.12. The van der Waals surface area contributed by atoms with Crippen molar-refractivity contribution in [3.05, 3.63) is 40.1 Å². The smallest absolute Gasteiger partial charge is 0.270 e. The molecule has 0 saturated heterocycles. The number of rotatable bonds is 6. The summed E-state index contributed by atoms with van der Waals surface area (Å²) in [5.74, 6) is 0. The quantitative estimate of drug-likeness (QED) is 0.502. The first-order valence-electron chi connectivity index (χ1n) is 6.94. The Bertz CT molecular complexity index is 657. The molecule has 0 amide bonds. The van der Waals surface area contributed by atoms with Gasteiger partial charge in [-0.3, -0.25) is 15.1 Å². The first kappa shape index (κ1) is 15.2. The number of nitro groups is 1. The van der Waals surface area contributed by atoms with E-state index in [9.17, 15) is 10.1 Å². The minimum Gasteiger partial charge on any atom is -0.374 e. The Morgan fingerprint density at radius 1 is 1.38 bits per heavy atom. The van der Waals surface area contributed by atoms with E-state index in [4.69, 9.17) is 0 Å². The van der Waals surface area contributed by atoms with E-state index in [1.54, 1.807) is 12.1 Å². The van der Waals surface area contributed by atoms with E-state index in [1.165, 1.54) is 6.07 Å². The fraction of sp³-hybridized carbons (Fsp3) is 0.400. The van der Waals surface area contributed by atoms with Gasteiger partial charge in [0, 0.05) is 42.5 Å². The second kappa shape index (κ2) is 6.49. The number of nitrogens with one attached hydrogen (secondary N) is 1. The molecule has 6 heteroatoms. The van der Waals surface area contributed by atoms with Gasteiger partial charge in [-0.1, -0.05) is 0 Å². The van der Waals surface area contributed by atoms with Crippen molar-refractivity contribution in [2.75, 3.05) is 32.1 Å². The summed E-state index contributed by atoms with van der Waals surface area (Å²) in [5.41, 5.74) is 2.78. The fourth-order valence-corrected chi connectivity index (χ4v) is 2.37. The molecule has 0 atom stereocenters. The van der Waals surface area contributed by atoms with E-state index in [0.717, 1.165) is 41.8 Å². The van der Waals surface area contributed by atoms with Gasteiger partial charge in [0.05, 0.1) is 10.4 Å². The van der Waals surface area contributed by atoms with Gasteiger partial charge in [0.1, 0.15) is 0 Å². The lowest BCUT2D eigenvalue weighted by atomic mass is 10.1. The molecule has 0 bridgehead atoms. The summed E-state index contributed by atoms with van der Waals surface area (Å²) in [6.45, 7) is 3.75. The number of aromatic nitrogens is 1. The van der Waals surface area contributed by atoms with Crippen LogP contribution in [0.5, 0.6) is 0 Å². The molecule has 6 nitrogen and oxygen atoms in total. The number of pyridine rings is 1. The maximum atomic E-state index is 11.0. The zero-order valence-corrected chi connectivity index (χ0v) is 12.6. The number of fused-ring (bicyclic) bond motifs is 1. The number of hydrogen-bond donors (Lipinski definition) is 1. The molecular weight excluding hydrogens is 268 g/mol. The maximum Gasteiger partial charge on any atom is 0.270 e. The topological polar surface area (TPSA) is 71.3 Å². The molecule has 1 N–H and O–H groups in total. The number of non-ortho nitro benzene ring substituents is 1. The van der Waals surface area contributed by atoms with Crippen molar-refractivity contribution >= 4 is 22.3 Å². The molecule has 112 valence electrons. The average Bonchev–Trinajstić information content (AvgIpc) is 2.45. The van der Waals surface area contributed by atoms with Crippen LogP contribution in [-0.2, 0) is 0 Å². The number of anilines is 1. The summed E-state index contributed by atoms with van der Waals surface area (Å²) in [6.07, 6.45) is 1.00. The molecule has 0 unspecified atom stereocenters. The summed E-state index contributed by atoms with van der Waals surface area (Å²) < 4.78 is 0. The lowest BCUT2D eigenvalue weighted by Crippen LogP contribution is -2.22. The number of hydrogen-bond acceptors (Lipinski definition) is 5. The van der Waals surface area contributed by atoms with Gasteiger partial charge in [0.15, 0.2) is 0 Å². The molecule has 1 aromatic heterocycles. The monoisotopic (exact) mass is 288 g/mol. The van der Waals surface area contributed by atoms with Crippen LogP contribution in [-0.4, -0.2) is 37.1 Å². The highest BCUT2D eigenvalue weighted by atomic mass is 16.6. The maximum absolute atomic E-state index is 11.0. The molecule has 2 rings (SSSR count). The highest BCUT2D eigenvalue weighted by Crippen LogP contribution is 2.29. The van der Waals surface area contributed by atoms with Crippen LogP contribution in [0, 0.1) is 17.0 Å². The van der Waals surface area contributed by atoms with Crippen LogP contribution in [0.1, 0.15) is 12.1 Å². The molecule has 1 heterocycles. The minimum absolute atomic E-state index is 0.0954. The average molecular weight is 288 g/mol. The predicted octanol–water partition coefficient (Wildman–Crippen LogP) is 2.50. The number of nitrogens with zero attached hydrogens (tertiary/aromatic N) is 3. The Morgan fingerprint density at radius 2 is 2.14 bits per heavy atom. The van der Waals surface area contributed by atoms with Gasteiger partial charge < -0.3 is 10.2 Å². The molecule has 0 radical (unpaired) electrons. The van der Waals surface area contributed by atoms with E-state index < -0.39 is 0 Å². The van der Waals surface area contributed by atoms with Crippen molar-refractivity contribution in [1.29, 1.82) is 0 Å². The fourth-order valence-electron chi connectivity index (χ4n) is 2.37. The van der Waals surface area contributed by atoms with Crippen molar-refractivity contribution in [2.24, 2.45) is 0 Å². The summed E-state index contributed by atoms with van der Waals surface area (Å²) >= 11 is 0. The number of nitro benzene ring substituents is 1. The van der Waals surface area contributed by atoms with Gasteiger partial charge >= 0.3 is 0 Å². The first-order chi connectivity index (χ1) is 10.0. The van der Waals surface area contributed by atoms with E-state index in [-0.39, 0.29) is 10.6 Å². The zero-order chi connectivity index (χ0) is 15.4. The van der Waals surface area contributed by atoms with Crippen LogP contribution in [0.4, 0.5) is 11.4 Å². The SMILES string of the molecule is CNCCCN(C)c1cc(C)nc2ccc([N+](=O)[O-])cc12. The Morgan fingerprint density at radius 3 is 2.81 bits per heavy atom. The Labute approximate surface area is 123 Å². The third-order valence-corrected chi connectivity index (χ3v) is 3.44. The highest BCUT2D eigenvalue weighted by Gasteiger charge is 2.13. The van der Waals surface area contributed by atoms with Gasteiger partial charge in [-0.2, -0.15) is 0 Å². The van der Waals surface area contributed by atoms with E-state index in [1.807, 2.05) is 27.1 Å². The van der Waals surface area contributed by atoms with E-state index >= 15 is 0 Å². The Hall–Kier alpha value is -2.21. The highest BCUT2D eigenvalue weighted by molar-refractivity contribution is 5.93. The molecule has 1 aromatic carbocycles. The molecule has 0 aliphatic rings. The van der Waals surface area contributed by atoms with Crippen LogP contribution in [0.3, 0.4) is 0 Å². The first-order valence-corrected chi connectivity index (χ1v) is 6.94.